The van der Waals surface area contributed by atoms with Crippen molar-refractivity contribution in [1.29, 1.82) is 0 Å². The molecule has 7 heteroatoms. The van der Waals surface area contributed by atoms with E-state index in [4.69, 9.17) is 5.11 Å². The highest BCUT2D eigenvalue weighted by atomic mass is 19.2. The Morgan fingerprint density at radius 1 is 1.15 bits per heavy atom. The molecule has 1 aromatic rings. The molecule has 0 radical (unpaired) electrons. The van der Waals surface area contributed by atoms with Gasteiger partial charge in [0.15, 0.2) is 17.5 Å². The fraction of sp³-hybridized carbons (Fsp3) is 0.385. The molecular weight excluding hydrogens is 275 g/mol. The summed E-state index contributed by atoms with van der Waals surface area (Å²) in [5.74, 6) is -7.29. The summed E-state index contributed by atoms with van der Waals surface area (Å²) in [4.78, 5) is 22.9. The zero-order chi connectivity index (χ0) is 15.7. The van der Waals surface area contributed by atoms with Crippen LogP contribution in [0.4, 0.5) is 13.2 Å². The minimum absolute atomic E-state index is 0.597. The zero-order valence-electron chi connectivity index (χ0n) is 11.1. The number of nitrogens with one attached hydrogen (secondary N) is 1. The topological polar surface area (TPSA) is 66.4 Å². The van der Waals surface area contributed by atoms with E-state index in [1.165, 1.54) is 0 Å². The second-order valence-corrected chi connectivity index (χ2v) is 5.33. The largest absolute Gasteiger partial charge is 0.480 e. The summed E-state index contributed by atoms with van der Waals surface area (Å²) >= 11 is 0. The van der Waals surface area contributed by atoms with E-state index in [-0.39, 0.29) is 0 Å². The number of carbonyl (C=O) groups excluding carboxylic acids is 1. The minimum Gasteiger partial charge on any atom is -0.480 e. The third-order valence-electron chi connectivity index (χ3n) is 2.67. The van der Waals surface area contributed by atoms with Crippen LogP contribution < -0.4 is 5.32 Å². The Kier molecular flexibility index (Phi) is 4.42. The van der Waals surface area contributed by atoms with E-state index in [1.807, 2.05) is 0 Å². The monoisotopic (exact) mass is 289 g/mol. The molecule has 110 valence electrons. The molecule has 0 aliphatic carbocycles. The maximum absolute atomic E-state index is 13.4. The molecule has 0 aliphatic heterocycles. The number of aliphatic carboxylic acids is 1. The van der Waals surface area contributed by atoms with Crippen LogP contribution in [0.25, 0.3) is 0 Å². The van der Waals surface area contributed by atoms with E-state index < -0.39 is 46.3 Å². The Bertz CT molecular complexity index is 553. The van der Waals surface area contributed by atoms with Gasteiger partial charge < -0.3 is 10.4 Å². The molecule has 0 saturated carbocycles. The molecule has 1 atom stereocenters. The van der Waals surface area contributed by atoms with Gasteiger partial charge in [0.25, 0.3) is 5.91 Å². The first-order valence-corrected chi connectivity index (χ1v) is 5.73. The molecule has 1 rings (SSSR count). The molecule has 0 aliphatic rings. The lowest BCUT2D eigenvalue weighted by atomic mass is 9.86. The standard InChI is InChI=1S/C13H14F3NO3/c1-13(2,3)10(12(19)20)17-11(18)6-4-5-7(14)9(16)8(6)15/h4-5,10H,1-3H3,(H,17,18)(H,19,20)/t10-/m1/s1. The summed E-state index contributed by atoms with van der Waals surface area (Å²) in [6.07, 6.45) is 0. The van der Waals surface area contributed by atoms with Crippen LogP contribution in [-0.2, 0) is 4.79 Å². The highest BCUT2D eigenvalue weighted by Crippen LogP contribution is 2.21. The van der Waals surface area contributed by atoms with Gasteiger partial charge in [-0.2, -0.15) is 0 Å². The van der Waals surface area contributed by atoms with Gasteiger partial charge >= 0.3 is 5.97 Å². The Morgan fingerprint density at radius 3 is 2.15 bits per heavy atom. The Morgan fingerprint density at radius 2 is 1.70 bits per heavy atom. The first kappa shape index (κ1) is 16.0. The van der Waals surface area contributed by atoms with Crippen LogP contribution in [0.5, 0.6) is 0 Å². The number of carboxylic acid groups (broad SMARTS) is 1. The molecule has 0 aromatic heterocycles. The van der Waals surface area contributed by atoms with E-state index in [0.717, 1.165) is 6.07 Å². The summed E-state index contributed by atoms with van der Waals surface area (Å²) in [6.45, 7) is 4.69. The third kappa shape index (κ3) is 3.28. The van der Waals surface area contributed by atoms with Gasteiger partial charge in [0, 0.05) is 0 Å². The summed E-state index contributed by atoms with van der Waals surface area (Å²) < 4.78 is 39.2. The van der Waals surface area contributed by atoms with E-state index in [1.54, 1.807) is 20.8 Å². The van der Waals surface area contributed by atoms with Crippen molar-refractivity contribution in [1.82, 2.24) is 5.32 Å². The van der Waals surface area contributed by atoms with E-state index in [0.29, 0.717) is 6.07 Å². The van der Waals surface area contributed by atoms with Crippen molar-refractivity contribution in [2.24, 2.45) is 5.41 Å². The molecule has 0 unspecified atom stereocenters. The number of amides is 1. The van der Waals surface area contributed by atoms with E-state index in [9.17, 15) is 22.8 Å². The molecule has 0 bridgehead atoms. The van der Waals surface area contributed by atoms with Gasteiger partial charge in [-0.25, -0.2) is 18.0 Å². The fourth-order valence-corrected chi connectivity index (χ4v) is 1.56. The number of carboxylic acids is 1. The average molecular weight is 289 g/mol. The third-order valence-corrected chi connectivity index (χ3v) is 2.67. The Labute approximate surface area is 113 Å². The molecule has 20 heavy (non-hydrogen) atoms. The summed E-state index contributed by atoms with van der Waals surface area (Å²) in [5.41, 5.74) is -1.59. The maximum Gasteiger partial charge on any atom is 0.326 e. The van der Waals surface area contributed by atoms with Crippen molar-refractivity contribution in [2.45, 2.75) is 26.8 Å². The summed E-state index contributed by atoms with van der Waals surface area (Å²) in [6, 6.07) is 0.0488. The first-order chi connectivity index (χ1) is 9.05. The van der Waals surface area contributed by atoms with Crippen molar-refractivity contribution < 1.29 is 27.9 Å². The lowest BCUT2D eigenvalue weighted by molar-refractivity contribution is -0.142. The number of hydrogen-bond acceptors (Lipinski definition) is 2. The van der Waals surface area contributed by atoms with Crippen LogP contribution in [0.2, 0.25) is 0 Å². The molecule has 2 N–H and O–H groups in total. The van der Waals surface area contributed by atoms with E-state index in [2.05, 4.69) is 5.32 Å². The first-order valence-electron chi connectivity index (χ1n) is 5.73. The zero-order valence-corrected chi connectivity index (χ0v) is 11.1. The SMILES string of the molecule is CC(C)(C)[C@H](NC(=O)c1ccc(F)c(F)c1F)C(=O)O. The number of benzene rings is 1. The molecule has 4 nitrogen and oxygen atoms in total. The Balaban J connectivity index is 3.08. The second kappa shape index (κ2) is 5.52. The smallest absolute Gasteiger partial charge is 0.326 e. The highest BCUT2D eigenvalue weighted by molar-refractivity contribution is 5.97. The maximum atomic E-state index is 13.4. The van der Waals surface area contributed by atoms with Crippen LogP contribution in [0.3, 0.4) is 0 Å². The van der Waals surface area contributed by atoms with Gasteiger partial charge in [-0.15, -0.1) is 0 Å². The van der Waals surface area contributed by atoms with Crippen LogP contribution >= 0.6 is 0 Å². The van der Waals surface area contributed by atoms with Gasteiger partial charge in [-0.3, -0.25) is 4.79 Å². The molecule has 0 heterocycles. The molecular formula is C13H14F3NO3. The van der Waals surface area contributed by atoms with Crippen molar-refractivity contribution in [3.8, 4) is 0 Å². The Hall–Kier alpha value is -2.05. The minimum atomic E-state index is -1.78. The molecule has 0 spiro atoms. The van der Waals surface area contributed by atoms with E-state index >= 15 is 0 Å². The normalized spacial score (nSPS) is 12.9. The van der Waals surface area contributed by atoms with Crippen LogP contribution in [0.15, 0.2) is 12.1 Å². The van der Waals surface area contributed by atoms with Gasteiger partial charge in [0.05, 0.1) is 5.56 Å². The number of rotatable bonds is 3. The van der Waals surface area contributed by atoms with Crippen molar-refractivity contribution >= 4 is 11.9 Å². The molecule has 1 amide bonds. The van der Waals surface area contributed by atoms with Gasteiger partial charge in [0.2, 0.25) is 0 Å². The number of halogens is 3. The molecule has 0 fully saturated rings. The predicted octanol–water partition coefficient (Wildman–Crippen LogP) is 2.33. The van der Waals surface area contributed by atoms with Gasteiger partial charge in [0.1, 0.15) is 6.04 Å². The van der Waals surface area contributed by atoms with Crippen LogP contribution in [-0.4, -0.2) is 23.0 Å². The molecule has 0 saturated heterocycles. The van der Waals surface area contributed by atoms with Crippen LogP contribution in [0, 0.1) is 22.9 Å². The second-order valence-electron chi connectivity index (χ2n) is 5.33. The highest BCUT2D eigenvalue weighted by Gasteiger charge is 2.33. The van der Waals surface area contributed by atoms with Crippen molar-refractivity contribution in [2.75, 3.05) is 0 Å². The van der Waals surface area contributed by atoms with Gasteiger partial charge in [-0.1, -0.05) is 20.8 Å². The summed E-state index contributed by atoms with van der Waals surface area (Å²) in [7, 11) is 0. The van der Waals surface area contributed by atoms with Crippen LogP contribution in [0.1, 0.15) is 31.1 Å². The van der Waals surface area contributed by atoms with Crippen molar-refractivity contribution in [3.05, 3.63) is 35.1 Å². The fourth-order valence-electron chi connectivity index (χ4n) is 1.56. The lowest BCUT2D eigenvalue weighted by Crippen LogP contribution is -2.49. The van der Waals surface area contributed by atoms with Crippen molar-refractivity contribution in [3.63, 3.8) is 0 Å². The quantitative estimate of drug-likeness (QED) is 0.839. The average Bonchev–Trinajstić information content (AvgIpc) is 2.31. The molecule has 1 aromatic carbocycles. The summed E-state index contributed by atoms with van der Waals surface area (Å²) in [5, 5.41) is 11.1. The number of carbonyl (C=O) groups is 2. The lowest BCUT2D eigenvalue weighted by Gasteiger charge is -2.27. The van der Waals surface area contributed by atoms with Gasteiger partial charge in [-0.05, 0) is 17.5 Å². The predicted molar refractivity (Wildman–Crippen MR) is 64.7 cm³/mol. The number of hydrogen-bond donors (Lipinski definition) is 2.